The Kier molecular flexibility index (Phi) is 3.72. The van der Waals surface area contributed by atoms with E-state index < -0.39 is 29.1 Å². The second-order valence-corrected chi connectivity index (χ2v) is 4.51. The Morgan fingerprint density at radius 2 is 2.06 bits per heavy atom. The zero-order valence-corrected chi connectivity index (χ0v) is 9.99. The summed E-state index contributed by atoms with van der Waals surface area (Å²) in [6.45, 7) is 4.84. The van der Waals surface area contributed by atoms with E-state index in [4.69, 9.17) is 0 Å². The van der Waals surface area contributed by atoms with Crippen LogP contribution in [0.25, 0.3) is 0 Å². The highest BCUT2D eigenvalue weighted by molar-refractivity contribution is 5.97. The van der Waals surface area contributed by atoms with Crippen molar-refractivity contribution in [3.8, 4) is 5.75 Å². The van der Waals surface area contributed by atoms with Crippen molar-refractivity contribution in [1.82, 2.24) is 5.32 Å². The summed E-state index contributed by atoms with van der Waals surface area (Å²) in [5, 5.41) is 21.4. The lowest BCUT2D eigenvalue weighted by molar-refractivity contribution is 0.0707. The number of carbonyl (C=O) groups excluding carboxylic acids is 1. The fraction of sp³-hybridized carbons (Fsp3) is 0.417. The SMILES string of the molecule is CC(O)C(C)(C)NC(=O)c1ccc(F)cc1O. The Morgan fingerprint density at radius 1 is 1.47 bits per heavy atom. The lowest BCUT2D eigenvalue weighted by atomic mass is 9.98. The summed E-state index contributed by atoms with van der Waals surface area (Å²) in [4.78, 5) is 11.8. The summed E-state index contributed by atoms with van der Waals surface area (Å²) in [6, 6.07) is 3.15. The molecular weight excluding hydrogens is 225 g/mol. The van der Waals surface area contributed by atoms with E-state index in [1.54, 1.807) is 20.8 Å². The molecule has 1 rings (SSSR count). The molecule has 0 saturated heterocycles. The molecule has 0 bridgehead atoms. The van der Waals surface area contributed by atoms with Crippen LogP contribution in [0.4, 0.5) is 4.39 Å². The third-order valence-corrected chi connectivity index (χ3v) is 2.68. The van der Waals surface area contributed by atoms with Crippen LogP contribution in [0.1, 0.15) is 31.1 Å². The molecule has 1 aromatic carbocycles. The minimum atomic E-state index is -0.835. The van der Waals surface area contributed by atoms with Crippen LogP contribution in [0.2, 0.25) is 0 Å². The lowest BCUT2D eigenvalue weighted by Crippen LogP contribution is -2.50. The van der Waals surface area contributed by atoms with Crippen LogP contribution in [0.15, 0.2) is 18.2 Å². The van der Waals surface area contributed by atoms with E-state index in [0.29, 0.717) is 0 Å². The number of nitrogens with one attached hydrogen (secondary N) is 1. The molecule has 0 radical (unpaired) electrons. The van der Waals surface area contributed by atoms with Gasteiger partial charge in [-0.05, 0) is 32.9 Å². The van der Waals surface area contributed by atoms with Crippen molar-refractivity contribution < 1.29 is 19.4 Å². The van der Waals surface area contributed by atoms with Gasteiger partial charge in [0, 0.05) is 6.07 Å². The monoisotopic (exact) mass is 241 g/mol. The molecule has 0 aliphatic rings. The number of aliphatic hydroxyl groups excluding tert-OH is 1. The number of aromatic hydroxyl groups is 1. The van der Waals surface area contributed by atoms with Crippen molar-refractivity contribution in [2.24, 2.45) is 0 Å². The summed E-state index contributed by atoms with van der Waals surface area (Å²) in [6.07, 6.45) is -0.756. The number of benzene rings is 1. The van der Waals surface area contributed by atoms with Crippen LogP contribution in [-0.2, 0) is 0 Å². The number of hydrogen-bond donors (Lipinski definition) is 3. The maximum atomic E-state index is 12.7. The van der Waals surface area contributed by atoms with Gasteiger partial charge in [0.25, 0.3) is 5.91 Å². The van der Waals surface area contributed by atoms with Gasteiger partial charge in [-0.3, -0.25) is 4.79 Å². The second kappa shape index (κ2) is 4.71. The number of phenols is 1. The van der Waals surface area contributed by atoms with Crippen LogP contribution < -0.4 is 5.32 Å². The summed E-state index contributed by atoms with van der Waals surface area (Å²) in [7, 11) is 0. The van der Waals surface area contributed by atoms with E-state index in [1.807, 2.05) is 0 Å². The average molecular weight is 241 g/mol. The van der Waals surface area contributed by atoms with Crippen molar-refractivity contribution in [1.29, 1.82) is 0 Å². The minimum absolute atomic E-state index is 0.0277. The Morgan fingerprint density at radius 3 is 2.53 bits per heavy atom. The highest BCUT2D eigenvalue weighted by atomic mass is 19.1. The molecule has 0 saturated carbocycles. The number of phenolic OH excluding ortho intramolecular Hbond substituents is 1. The maximum absolute atomic E-state index is 12.7. The highest BCUT2D eigenvalue weighted by Crippen LogP contribution is 2.19. The van der Waals surface area contributed by atoms with Crippen LogP contribution in [0.5, 0.6) is 5.75 Å². The van der Waals surface area contributed by atoms with Gasteiger partial charge in [0.05, 0.1) is 17.2 Å². The lowest BCUT2D eigenvalue weighted by Gasteiger charge is -2.29. The third-order valence-electron chi connectivity index (χ3n) is 2.68. The average Bonchev–Trinajstić information content (AvgIpc) is 2.15. The molecule has 1 amide bonds. The van der Waals surface area contributed by atoms with Gasteiger partial charge in [-0.15, -0.1) is 0 Å². The van der Waals surface area contributed by atoms with Gasteiger partial charge in [-0.2, -0.15) is 0 Å². The number of halogens is 1. The van der Waals surface area contributed by atoms with E-state index in [2.05, 4.69) is 5.32 Å². The molecule has 0 heterocycles. The van der Waals surface area contributed by atoms with E-state index in [9.17, 15) is 19.4 Å². The summed E-state index contributed by atoms with van der Waals surface area (Å²) >= 11 is 0. The number of hydrogen-bond acceptors (Lipinski definition) is 3. The first kappa shape index (κ1) is 13.4. The Bertz CT molecular complexity index is 430. The molecule has 94 valence electrons. The molecule has 3 N–H and O–H groups in total. The van der Waals surface area contributed by atoms with Gasteiger partial charge in [0.15, 0.2) is 0 Å². The Hall–Kier alpha value is -1.62. The number of aliphatic hydroxyl groups is 1. The second-order valence-electron chi connectivity index (χ2n) is 4.51. The number of rotatable bonds is 3. The standard InChI is InChI=1S/C12H16FNO3/c1-7(15)12(2,3)14-11(17)9-5-4-8(13)6-10(9)16/h4-7,15-16H,1-3H3,(H,14,17). The molecule has 17 heavy (non-hydrogen) atoms. The normalized spacial score (nSPS) is 13.2. The van der Waals surface area contributed by atoms with Crippen molar-refractivity contribution in [2.75, 3.05) is 0 Å². The first-order valence-electron chi connectivity index (χ1n) is 5.23. The predicted molar refractivity (Wildman–Crippen MR) is 61.3 cm³/mol. The molecule has 0 aromatic heterocycles. The zero-order chi connectivity index (χ0) is 13.2. The Labute approximate surface area is 99.1 Å². The van der Waals surface area contributed by atoms with Gasteiger partial charge in [0.1, 0.15) is 11.6 Å². The molecule has 5 heteroatoms. The minimum Gasteiger partial charge on any atom is -0.507 e. The largest absolute Gasteiger partial charge is 0.507 e. The van der Waals surface area contributed by atoms with Crippen LogP contribution in [0, 0.1) is 5.82 Å². The van der Waals surface area contributed by atoms with Crippen LogP contribution in [-0.4, -0.2) is 27.8 Å². The zero-order valence-electron chi connectivity index (χ0n) is 9.99. The molecule has 4 nitrogen and oxygen atoms in total. The summed E-state index contributed by atoms with van der Waals surface area (Å²) < 4.78 is 12.7. The maximum Gasteiger partial charge on any atom is 0.255 e. The van der Waals surface area contributed by atoms with Gasteiger partial charge < -0.3 is 15.5 Å². The van der Waals surface area contributed by atoms with Gasteiger partial charge in [-0.1, -0.05) is 0 Å². The van der Waals surface area contributed by atoms with Gasteiger partial charge >= 0.3 is 0 Å². The summed E-state index contributed by atoms with van der Waals surface area (Å²) in [5.74, 6) is -1.61. The number of amides is 1. The molecule has 0 aliphatic heterocycles. The van der Waals surface area contributed by atoms with Crippen molar-refractivity contribution >= 4 is 5.91 Å². The van der Waals surface area contributed by atoms with Crippen LogP contribution in [0.3, 0.4) is 0 Å². The quantitative estimate of drug-likeness (QED) is 0.749. The molecule has 0 aliphatic carbocycles. The van der Waals surface area contributed by atoms with E-state index in [-0.39, 0.29) is 5.56 Å². The fourth-order valence-corrected chi connectivity index (χ4v) is 1.16. The van der Waals surface area contributed by atoms with Gasteiger partial charge in [-0.25, -0.2) is 4.39 Å². The molecule has 1 aromatic rings. The number of carbonyl (C=O) groups is 1. The summed E-state index contributed by atoms with van der Waals surface area (Å²) in [5.41, 5.74) is -0.863. The van der Waals surface area contributed by atoms with Gasteiger partial charge in [0.2, 0.25) is 0 Å². The smallest absolute Gasteiger partial charge is 0.255 e. The fourth-order valence-electron chi connectivity index (χ4n) is 1.16. The predicted octanol–water partition coefficient (Wildman–Crippen LogP) is 1.42. The molecular formula is C12H16FNO3. The highest BCUT2D eigenvalue weighted by Gasteiger charge is 2.27. The first-order chi connectivity index (χ1) is 7.74. The molecule has 0 fully saturated rings. The third kappa shape index (κ3) is 3.17. The Balaban J connectivity index is 2.91. The molecule has 0 spiro atoms. The first-order valence-corrected chi connectivity index (χ1v) is 5.23. The van der Waals surface area contributed by atoms with E-state index in [1.165, 1.54) is 6.07 Å². The molecule has 1 atom stereocenters. The topological polar surface area (TPSA) is 69.6 Å². The van der Waals surface area contributed by atoms with Crippen molar-refractivity contribution in [3.63, 3.8) is 0 Å². The molecule has 1 unspecified atom stereocenters. The van der Waals surface area contributed by atoms with Crippen molar-refractivity contribution in [3.05, 3.63) is 29.6 Å². The van der Waals surface area contributed by atoms with Crippen molar-refractivity contribution in [2.45, 2.75) is 32.4 Å². The van der Waals surface area contributed by atoms with E-state index in [0.717, 1.165) is 12.1 Å². The van der Waals surface area contributed by atoms with Crippen LogP contribution >= 0.6 is 0 Å². The van der Waals surface area contributed by atoms with E-state index >= 15 is 0 Å².